The van der Waals surface area contributed by atoms with Crippen LogP contribution < -0.4 is 10.6 Å². The normalized spacial score (nSPS) is 12.7. The second kappa shape index (κ2) is 9.73. The minimum Gasteiger partial charge on any atom is -0.481 e. The van der Waals surface area contributed by atoms with E-state index in [4.69, 9.17) is 16.7 Å². The molecule has 2 amide bonds. The fraction of sp³-hybridized carbons (Fsp3) is 0.250. The van der Waals surface area contributed by atoms with E-state index in [9.17, 15) is 14.4 Å². The Morgan fingerprint density at radius 1 is 1.00 bits per heavy atom. The Morgan fingerprint density at radius 3 is 2.22 bits per heavy atom. The Kier molecular flexibility index (Phi) is 7.37. The molecule has 2 aromatic rings. The molecule has 2 aromatic carbocycles. The summed E-state index contributed by atoms with van der Waals surface area (Å²) in [5.74, 6) is -1.85. The van der Waals surface area contributed by atoms with E-state index in [1.807, 2.05) is 30.3 Å². The van der Waals surface area contributed by atoms with Crippen LogP contribution >= 0.6 is 11.6 Å². The molecule has 2 atom stereocenters. The molecule has 0 saturated heterocycles. The van der Waals surface area contributed by atoms with Gasteiger partial charge < -0.3 is 15.7 Å². The highest BCUT2D eigenvalue weighted by atomic mass is 35.5. The molecule has 0 bridgehead atoms. The summed E-state index contributed by atoms with van der Waals surface area (Å²) in [6.07, 6.45) is 0.0840. The van der Waals surface area contributed by atoms with Gasteiger partial charge >= 0.3 is 5.97 Å². The molecule has 142 valence electrons. The number of carbonyl (C=O) groups excluding carboxylic acids is 2. The van der Waals surface area contributed by atoms with Gasteiger partial charge in [0.2, 0.25) is 5.91 Å². The summed E-state index contributed by atoms with van der Waals surface area (Å²) in [6, 6.07) is 14.2. The third kappa shape index (κ3) is 6.75. The molecule has 2 rings (SSSR count). The minimum absolute atomic E-state index is 0.199. The standard InChI is InChI=1S/C20H21ClN2O4/c1-13(11-18(24)25)22-20(27)17(12-14-5-3-2-4-6-14)23-19(26)15-7-9-16(21)10-8-15/h2-10,13,17H,11-12H2,1H3,(H,22,27)(H,23,26)(H,24,25). The maximum atomic E-state index is 12.6. The highest BCUT2D eigenvalue weighted by molar-refractivity contribution is 6.30. The van der Waals surface area contributed by atoms with Gasteiger partial charge in [-0.3, -0.25) is 14.4 Å². The quantitative estimate of drug-likeness (QED) is 0.647. The van der Waals surface area contributed by atoms with Crippen molar-refractivity contribution in [2.75, 3.05) is 0 Å². The van der Waals surface area contributed by atoms with Crippen molar-refractivity contribution in [1.29, 1.82) is 0 Å². The molecule has 0 aromatic heterocycles. The van der Waals surface area contributed by atoms with E-state index < -0.39 is 29.9 Å². The molecule has 27 heavy (non-hydrogen) atoms. The molecule has 0 radical (unpaired) electrons. The van der Waals surface area contributed by atoms with Crippen LogP contribution in [0.2, 0.25) is 5.02 Å². The Balaban J connectivity index is 2.13. The maximum Gasteiger partial charge on any atom is 0.305 e. The number of hydrogen-bond acceptors (Lipinski definition) is 3. The minimum atomic E-state index is -1.01. The first-order valence-corrected chi connectivity index (χ1v) is 8.85. The first-order valence-electron chi connectivity index (χ1n) is 8.47. The SMILES string of the molecule is CC(CC(=O)O)NC(=O)C(Cc1ccccc1)NC(=O)c1ccc(Cl)cc1. The van der Waals surface area contributed by atoms with Crippen LogP contribution in [-0.4, -0.2) is 35.0 Å². The van der Waals surface area contributed by atoms with Gasteiger partial charge in [-0.1, -0.05) is 41.9 Å². The predicted molar refractivity (Wildman–Crippen MR) is 103 cm³/mol. The number of carbonyl (C=O) groups is 3. The summed E-state index contributed by atoms with van der Waals surface area (Å²) in [5, 5.41) is 14.7. The number of benzene rings is 2. The van der Waals surface area contributed by atoms with E-state index in [1.165, 1.54) is 0 Å². The van der Waals surface area contributed by atoms with Crippen LogP contribution in [0.4, 0.5) is 0 Å². The van der Waals surface area contributed by atoms with E-state index >= 15 is 0 Å². The molecule has 0 aliphatic rings. The molecule has 0 saturated carbocycles. The number of hydrogen-bond donors (Lipinski definition) is 3. The van der Waals surface area contributed by atoms with Crippen LogP contribution in [0.1, 0.15) is 29.3 Å². The van der Waals surface area contributed by atoms with Gasteiger partial charge in [0.1, 0.15) is 6.04 Å². The number of aliphatic carboxylic acids is 1. The Morgan fingerprint density at radius 2 is 1.63 bits per heavy atom. The second-order valence-corrected chi connectivity index (χ2v) is 6.67. The van der Waals surface area contributed by atoms with Gasteiger partial charge in [-0.25, -0.2) is 0 Å². The lowest BCUT2D eigenvalue weighted by molar-refractivity contribution is -0.137. The van der Waals surface area contributed by atoms with Crippen molar-refractivity contribution in [3.63, 3.8) is 0 Å². The summed E-state index contributed by atoms with van der Waals surface area (Å²) < 4.78 is 0. The molecular formula is C20H21ClN2O4. The van der Waals surface area contributed by atoms with Crippen molar-refractivity contribution < 1.29 is 19.5 Å². The van der Waals surface area contributed by atoms with Crippen LogP contribution in [0, 0.1) is 0 Å². The first-order chi connectivity index (χ1) is 12.8. The van der Waals surface area contributed by atoms with E-state index in [0.29, 0.717) is 10.6 Å². The third-order valence-corrected chi connectivity index (χ3v) is 4.13. The number of rotatable bonds is 8. The smallest absolute Gasteiger partial charge is 0.305 e. The van der Waals surface area contributed by atoms with Crippen molar-refractivity contribution in [2.45, 2.75) is 31.8 Å². The van der Waals surface area contributed by atoms with E-state index in [2.05, 4.69) is 10.6 Å². The summed E-state index contributed by atoms with van der Waals surface area (Å²) in [6.45, 7) is 1.60. The zero-order valence-electron chi connectivity index (χ0n) is 14.8. The van der Waals surface area contributed by atoms with Crippen molar-refractivity contribution in [3.05, 3.63) is 70.7 Å². The van der Waals surface area contributed by atoms with Gasteiger partial charge in [0, 0.05) is 23.0 Å². The van der Waals surface area contributed by atoms with Gasteiger partial charge in [-0.15, -0.1) is 0 Å². The number of carboxylic acids is 1. The highest BCUT2D eigenvalue weighted by Gasteiger charge is 2.23. The molecule has 2 unspecified atom stereocenters. The molecule has 0 heterocycles. The van der Waals surface area contributed by atoms with E-state index in [1.54, 1.807) is 31.2 Å². The zero-order chi connectivity index (χ0) is 19.8. The fourth-order valence-electron chi connectivity index (χ4n) is 2.56. The van der Waals surface area contributed by atoms with Crippen LogP contribution in [-0.2, 0) is 16.0 Å². The van der Waals surface area contributed by atoms with Crippen molar-refractivity contribution in [1.82, 2.24) is 10.6 Å². The summed E-state index contributed by atoms with van der Waals surface area (Å²) in [4.78, 5) is 35.9. The molecule has 3 N–H and O–H groups in total. The monoisotopic (exact) mass is 388 g/mol. The maximum absolute atomic E-state index is 12.6. The van der Waals surface area contributed by atoms with Gasteiger partial charge in [-0.2, -0.15) is 0 Å². The molecular weight excluding hydrogens is 368 g/mol. The van der Waals surface area contributed by atoms with Gasteiger partial charge in [-0.05, 0) is 36.8 Å². The Hall–Kier alpha value is -2.86. The van der Waals surface area contributed by atoms with Crippen molar-refractivity contribution in [3.8, 4) is 0 Å². The summed E-state index contributed by atoms with van der Waals surface area (Å²) in [7, 11) is 0. The second-order valence-electron chi connectivity index (χ2n) is 6.23. The van der Waals surface area contributed by atoms with Crippen LogP contribution in [0.5, 0.6) is 0 Å². The molecule has 7 heteroatoms. The molecule has 6 nitrogen and oxygen atoms in total. The first kappa shape index (κ1) is 20.5. The lowest BCUT2D eigenvalue weighted by Gasteiger charge is -2.21. The van der Waals surface area contributed by atoms with Crippen LogP contribution in [0.3, 0.4) is 0 Å². The van der Waals surface area contributed by atoms with Gasteiger partial charge in [0.15, 0.2) is 0 Å². The zero-order valence-corrected chi connectivity index (χ0v) is 15.6. The Labute approximate surface area is 162 Å². The van der Waals surface area contributed by atoms with Gasteiger partial charge in [0.25, 0.3) is 5.91 Å². The molecule has 0 aliphatic heterocycles. The summed E-state index contributed by atoms with van der Waals surface area (Å²) in [5.41, 5.74) is 1.25. The molecule has 0 aliphatic carbocycles. The van der Waals surface area contributed by atoms with Crippen molar-refractivity contribution >= 4 is 29.4 Å². The number of carboxylic acid groups (broad SMARTS) is 1. The van der Waals surface area contributed by atoms with Crippen LogP contribution in [0.15, 0.2) is 54.6 Å². The largest absolute Gasteiger partial charge is 0.481 e. The lowest BCUT2D eigenvalue weighted by atomic mass is 10.0. The fourth-order valence-corrected chi connectivity index (χ4v) is 2.68. The van der Waals surface area contributed by atoms with Gasteiger partial charge in [0.05, 0.1) is 6.42 Å². The Bertz CT molecular complexity index is 793. The number of nitrogens with one attached hydrogen (secondary N) is 2. The molecule has 0 spiro atoms. The highest BCUT2D eigenvalue weighted by Crippen LogP contribution is 2.10. The summed E-state index contributed by atoms with van der Waals surface area (Å²) >= 11 is 5.83. The average Bonchev–Trinajstić information content (AvgIpc) is 2.61. The lowest BCUT2D eigenvalue weighted by Crippen LogP contribution is -2.50. The number of halogens is 1. The van der Waals surface area contributed by atoms with E-state index in [-0.39, 0.29) is 12.8 Å². The predicted octanol–water partition coefficient (Wildman–Crippen LogP) is 2.66. The molecule has 0 fully saturated rings. The third-order valence-electron chi connectivity index (χ3n) is 3.88. The van der Waals surface area contributed by atoms with E-state index in [0.717, 1.165) is 5.56 Å². The topological polar surface area (TPSA) is 95.5 Å². The van der Waals surface area contributed by atoms with Crippen molar-refractivity contribution in [2.24, 2.45) is 0 Å². The average molecular weight is 389 g/mol. The van der Waals surface area contributed by atoms with Crippen LogP contribution in [0.25, 0.3) is 0 Å². The number of amides is 2.